The number of carbonyl (C=O) groups is 2. The van der Waals surface area contributed by atoms with Gasteiger partial charge in [0.2, 0.25) is 18.6 Å². The summed E-state index contributed by atoms with van der Waals surface area (Å²) in [7, 11) is 0. The van der Waals surface area contributed by atoms with Gasteiger partial charge in [0.1, 0.15) is 0 Å². The quantitative estimate of drug-likeness (QED) is 0.322. The standard InChI is InChI=1S/C29H34N2O4S/c1-3-4-15-30(28(32)13-11-23-8-6-5-7-9-23)20-29(33)31(19-27-22(2)14-16-36-27)18-24-10-12-25-26(17-24)35-21-34-25/h5-10,12,14,16-17H,3-4,11,13,15,18-21H2,1-2H3. The van der Waals surface area contributed by atoms with Gasteiger partial charge in [-0.05, 0) is 60.0 Å². The van der Waals surface area contributed by atoms with Crippen LogP contribution in [0.5, 0.6) is 11.5 Å². The molecule has 2 amide bonds. The molecule has 7 heteroatoms. The van der Waals surface area contributed by atoms with Gasteiger partial charge in [-0.2, -0.15) is 0 Å². The van der Waals surface area contributed by atoms with Gasteiger partial charge < -0.3 is 19.3 Å². The Bertz CT molecular complexity index is 1160. The number of hydrogen-bond donors (Lipinski definition) is 0. The molecule has 1 aliphatic rings. The number of ether oxygens (including phenoxy) is 2. The third-order valence-corrected chi connectivity index (χ3v) is 7.40. The zero-order valence-corrected chi connectivity index (χ0v) is 21.9. The zero-order valence-electron chi connectivity index (χ0n) is 21.1. The predicted octanol–water partition coefficient (Wildman–Crippen LogP) is 5.58. The molecule has 0 saturated carbocycles. The van der Waals surface area contributed by atoms with Crippen LogP contribution in [0.2, 0.25) is 0 Å². The summed E-state index contributed by atoms with van der Waals surface area (Å²) in [5, 5.41) is 2.05. The minimum Gasteiger partial charge on any atom is -0.454 e. The Morgan fingerprint density at radius 3 is 2.47 bits per heavy atom. The van der Waals surface area contributed by atoms with Gasteiger partial charge in [0.25, 0.3) is 0 Å². The number of amides is 2. The predicted molar refractivity (Wildman–Crippen MR) is 142 cm³/mol. The average Bonchev–Trinajstić information content (AvgIpc) is 3.53. The van der Waals surface area contributed by atoms with Gasteiger partial charge in [-0.15, -0.1) is 11.3 Å². The molecule has 0 radical (unpaired) electrons. The number of fused-ring (bicyclic) bond motifs is 1. The minimum atomic E-state index is -0.0513. The topological polar surface area (TPSA) is 59.1 Å². The number of thiophene rings is 1. The Kier molecular flexibility index (Phi) is 9.01. The van der Waals surface area contributed by atoms with Crippen LogP contribution in [0.15, 0.2) is 60.0 Å². The molecule has 1 aromatic heterocycles. The van der Waals surface area contributed by atoms with E-state index in [0.29, 0.717) is 38.2 Å². The second-order valence-electron chi connectivity index (χ2n) is 9.12. The van der Waals surface area contributed by atoms with Gasteiger partial charge in [0.05, 0.1) is 13.1 Å². The van der Waals surface area contributed by atoms with Crippen LogP contribution in [-0.4, -0.2) is 41.5 Å². The number of unbranched alkanes of at least 4 members (excludes halogenated alkanes) is 1. The van der Waals surface area contributed by atoms with Crippen molar-refractivity contribution in [2.24, 2.45) is 0 Å². The Balaban J connectivity index is 1.47. The van der Waals surface area contributed by atoms with Gasteiger partial charge >= 0.3 is 0 Å². The molecule has 3 aromatic rings. The largest absolute Gasteiger partial charge is 0.454 e. The van der Waals surface area contributed by atoms with Crippen LogP contribution in [0.4, 0.5) is 0 Å². The van der Waals surface area contributed by atoms with E-state index in [2.05, 4.69) is 25.3 Å². The van der Waals surface area contributed by atoms with Crippen molar-refractivity contribution in [3.05, 3.63) is 81.5 Å². The highest BCUT2D eigenvalue weighted by molar-refractivity contribution is 7.10. The molecule has 0 bridgehead atoms. The van der Waals surface area contributed by atoms with Crippen molar-refractivity contribution in [1.82, 2.24) is 9.80 Å². The van der Waals surface area contributed by atoms with Crippen molar-refractivity contribution in [2.45, 2.75) is 52.6 Å². The van der Waals surface area contributed by atoms with E-state index in [1.807, 2.05) is 53.4 Å². The van der Waals surface area contributed by atoms with Gasteiger partial charge in [0, 0.05) is 24.4 Å². The number of hydrogen-bond acceptors (Lipinski definition) is 5. The summed E-state index contributed by atoms with van der Waals surface area (Å²) >= 11 is 1.65. The second-order valence-corrected chi connectivity index (χ2v) is 10.1. The van der Waals surface area contributed by atoms with Crippen LogP contribution in [0.3, 0.4) is 0 Å². The molecule has 0 aliphatic carbocycles. The molecule has 0 unspecified atom stereocenters. The van der Waals surface area contributed by atoms with Gasteiger partial charge in [-0.25, -0.2) is 0 Å². The molecule has 1 aliphatic heterocycles. The van der Waals surface area contributed by atoms with E-state index < -0.39 is 0 Å². The fourth-order valence-corrected chi connectivity index (χ4v) is 5.11. The molecular formula is C29H34N2O4S. The fraction of sp³-hybridized carbons (Fsp3) is 0.379. The average molecular weight is 507 g/mol. The first-order chi connectivity index (χ1) is 17.5. The number of aryl methyl sites for hydroxylation is 2. The smallest absolute Gasteiger partial charge is 0.242 e. The van der Waals surface area contributed by atoms with E-state index in [4.69, 9.17) is 9.47 Å². The Hall–Kier alpha value is -3.32. The third kappa shape index (κ3) is 6.88. The normalized spacial score (nSPS) is 11.9. The van der Waals surface area contributed by atoms with Crippen molar-refractivity contribution >= 4 is 23.2 Å². The first-order valence-corrected chi connectivity index (χ1v) is 13.4. The maximum atomic E-state index is 13.7. The molecule has 4 rings (SSSR count). The lowest BCUT2D eigenvalue weighted by atomic mass is 10.1. The lowest BCUT2D eigenvalue weighted by Gasteiger charge is -2.28. The maximum Gasteiger partial charge on any atom is 0.242 e. The molecule has 2 aromatic carbocycles. The summed E-state index contributed by atoms with van der Waals surface area (Å²) in [6.45, 7) is 6.00. The van der Waals surface area contributed by atoms with Crippen molar-refractivity contribution in [3.8, 4) is 11.5 Å². The lowest BCUT2D eigenvalue weighted by molar-refractivity contribution is -0.141. The van der Waals surface area contributed by atoms with E-state index in [0.717, 1.165) is 34.6 Å². The van der Waals surface area contributed by atoms with Crippen LogP contribution in [0.25, 0.3) is 0 Å². The summed E-state index contributed by atoms with van der Waals surface area (Å²) < 4.78 is 11.0. The highest BCUT2D eigenvalue weighted by atomic mass is 32.1. The summed E-state index contributed by atoms with van der Waals surface area (Å²) in [4.78, 5) is 31.6. The van der Waals surface area contributed by atoms with Crippen LogP contribution >= 0.6 is 11.3 Å². The van der Waals surface area contributed by atoms with Crippen molar-refractivity contribution in [3.63, 3.8) is 0 Å². The second kappa shape index (κ2) is 12.6. The highest BCUT2D eigenvalue weighted by Gasteiger charge is 2.23. The maximum absolute atomic E-state index is 13.7. The SMILES string of the molecule is CCCCN(CC(=O)N(Cc1ccc2c(c1)OCO2)Cc1sccc1C)C(=O)CCc1ccccc1. The van der Waals surface area contributed by atoms with Crippen molar-refractivity contribution in [2.75, 3.05) is 19.9 Å². The van der Waals surface area contributed by atoms with E-state index in [9.17, 15) is 9.59 Å². The third-order valence-electron chi connectivity index (χ3n) is 6.40. The Morgan fingerprint density at radius 1 is 0.917 bits per heavy atom. The van der Waals surface area contributed by atoms with E-state index >= 15 is 0 Å². The van der Waals surface area contributed by atoms with Crippen molar-refractivity contribution < 1.29 is 19.1 Å². The fourth-order valence-electron chi connectivity index (χ4n) is 4.19. The zero-order chi connectivity index (χ0) is 25.3. The van der Waals surface area contributed by atoms with Gasteiger partial charge in [0.15, 0.2) is 11.5 Å². The van der Waals surface area contributed by atoms with Crippen LogP contribution < -0.4 is 9.47 Å². The number of benzene rings is 2. The monoisotopic (exact) mass is 506 g/mol. The number of nitrogens with zero attached hydrogens (tertiary/aromatic N) is 2. The van der Waals surface area contributed by atoms with Gasteiger partial charge in [-0.1, -0.05) is 49.7 Å². The summed E-state index contributed by atoms with van der Waals surface area (Å²) in [6, 6.07) is 17.9. The Labute approximate surface area is 217 Å². The van der Waals surface area contributed by atoms with E-state index in [1.165, 1.54) is 5.56 Å². The molecule has 190 valence electrons. The first kappa shape index (κ1) is 25.8. The summed E-state index contributed by atoms with van der Waals surface area (Å²) in [6.07, 6.45) is 2.90. The molecular weight excluding hydrogens is 472 g/mol. The molecule has 6 nitrogen and oxygen atoms in total. The van der Waals surface area contributed by atoms with E-state index in [1.54, 1.807) is 16.2 Å². The number of rotatable bonds is 12. The highest BCUT2D eigenvalue weighted by Crippen LogP contribution is 2.33. The summed E-state index contributed by atoms with van der Waals surface area (Å²) in [5.41, 5.74) is 3.27. The van der Waals surface area contributed by atoms with Crippen LogP contribution in [0, 0.1) is 6.92 Å². The Morgan fingerprint density at radius 2 is 1.72 bits per heavy atom. The van der Waals surface area contributed by atoms with Gasteiger partial charge in [-0.3, -0.25) is 9.59 Å². The van der Waals surface area contributed by atoms with Crippen LogP contribution in [-0.2, 0) is 29.1 Å². The molecule has 0 saturated heterocycles. The number of carbonyl (C=O) groups excluding carboxylic acids is 2. The minimum absolute atomic E-state index is 0.0241. The lowest BCUT2D eigenvalue weighted by Crippen LogP contribution is -2.43. The molecule has 2 heterocycles. The van der Waals surface area contributed by atoms with Crippen molar-refractivity contribution in [1.29, 1.82) is 0 Å². The molecule has 0 N–H and O–H groups in total. The first-order valence-electron chi connectivity index (χ1n) is 12.5. The summed E-state index contributed by atoms with van der Waals surface area (Å²) in [5.74, 6) is 1.40. The molecule has 0 atom stereocenters. The molecule has 36 heavy (non-hydrogen) atoms. The molecule has 0 spiro atoms. The van der Waals surface area contributed by atoms with E-state index in [-0.39, 0.29) is 25.2 Å². The molecule has 0 fully saturated rings. The van der Waals surface area contributed by atoms with Crippen LogP contribution in [0.1, 0.15) is 47.8 Å².